The number of benzene rings is 2. The summed E-state index contributed by atoms with van der Waals surface area (Å²) in [5.74, 6) is 0.128. The van der Waals surface area contributed by atoms with Crippen LogP contribution in [0.2, 0.25) is 0 Å². The van der Waals surface area contributed by atoms with E-state index in [-0.39, 0.29) is 5.75 Å². The Morgan fingerprint density at radius 3 is 2.48 bits per heavy atom. The van der Waals surface area contributed by atoms with E-state index < -0.39 is 6.36 Å². The smallest absolute Gasteiger partial charge is 0.474 e. The largest absolute Gasteiger partial charge is 0.573 e. The monoisotopic (exact) mass is 380 g/mol. The Balaban J connectivity index is 1.74. The van der Waals surface area contributed by atoms with Crippen molar-refractivity contribution in [1.82, 2.24) is 10.5 Å². The van der Waals surface area contributed by atoms with Crippen molar-refractivity contribution in [1.29, 1.82) is 0 Å². The number of rotatable bonds is 8. The summed E-state index contributed by atoms with van der Waals surface area (Å²) in [7, 11) is 0. The fraction of sp³-hybridized carbons (Fsp3) is 0.316. The van der Waals surface area contributed by atoms with Crippen molar-refractivity contribution in [3.05, 3.63) is 42.5 Å². The number of nitrogens with zero attached hydrogens (tertiary/aromatic N) is 1. The topological polar surface area (TPSA) is 56.5 Å². The Labute approximate surface area is 154 Å². The fourth-order valence-electron chi connectivity index (χ4n) is 2.57. The highest BCUT2D eigenvalue weighted by atomic mass is 19.4. The first-order valence-electron chi connectivity index (χ1n) is 8.55. The number of alkyl halides is 3. The molecule has 144 valence electrons. The van der Waals surface area contributed by atoms with Gasteiger partial charge in [0.1, 0.15) is 12.4 Å². The van der Waals surface area contributed by atoms with Crippen LogP contribution in [-0.4, -0.2) is 31.2 Å². The summed E-state index contributed by atoms with van der Waals surface area (Å²) in [6.07, 6.45) is -3.66. The molecule has 5 nitrogen and oxygen atoms in total. The van der Waals surface area contributed by atoms with E-state index in [1.807, 2.05) is 6.07 Å². The van der Waals surface area contributed by atoms with E-state index in [1.54, 1.807) is 24.3 Å². The third-order valence-electron chi connectivity index (χ3n) is 3.80. The molecule has 0 aliphatic heterocycles. The van der Waals surface area contributed by atoms with Gasteiger partial charge >= 0.3 is 6.36 Å². The van der Waals surface area contributed by atoms with Crippen molar-refractivity contribution in [3.8, 4) is 22.8 Å². The van der Waals surface area contributed by atoms with Gasteiger partial charge in [-0.25, -0.2) is 0 Å². The minimum absolute atomic E-state index is 0.263. The third kappa shape index (κ3) is 5.13. The number of hydrogen-bond donors (Lipinski definition) is 1. The first-order chi connectivity index (χ1) is 13.0. The lowest BCUT2D eigenvalue weighted by molar-refractivity contribution is -0.274. The molecule has 27 heavy (non-hydrogen) atoms. The number of hydrogen-bond acceptors (Lipinski definition) is 5. The zero-order chi connectivity index (χ0) is 19.3. The van der Waals surface area contributed by atoms with Gasteiger partial charge in [0.2, 0.25) is 0 Å². The van der Waals surface area contributed by atoms with Gasteiger partial charge in [0.05, 0.1) is 5.39 Å². The van der Waals surface area contributed by atoms with Crippen LogP contribution in [0.1, 0.15) is 13.3 Å². The Kier molecular flexibility index (Phi) is 5.85. The van der Waals surface area contributed by atoms with Gasteiger partial charge in [-0.3, -0.25) is 0 Å². The Morgan fingerprint density at radius 1 is 1.04 bits per heavy atom. The van der Waals surface area contributed by atoms with E-state index in [0.29, 0.717) is 30.0 Å². The van der Waals surface area contributed by atoms with Crippen molar-refractivity contribution in [2.24, 2.45) is 0 Å². The number of ether oxygens (including phenoxy) is 2. The molecular weight excluding hydrogens is 361 g/mol. The van der Waals surface area contributed by atoms with Gasteiger partial charge in [0.15, 0.2) is 5.58 Å². The molecule has 0 amide bonds. The number of nitrogens with one attached hydrogen (secondary N) is 1. The second-order valence-corrected chi connectivity index (χ2v) is 5.87. The maximum absolute atomic E-state index is 12.3. The summed E-state index contributed by atoms with van der Waals surface area (Å²) >= 11 is 0. The normalized spacial score (nSPS) is 11.7. The summed E-state index contributed by atoms with van der Waals surface area (Å²) in [5.41, 5.74) is 2.12. The lowest BCUT2D eigenvalue weighted by Gasteiger charge is -2.09. The fourth-order valence-corrected chi connectivity index (χ4v) is 2.57. The molecule has 1 aromatic heterocycles. The minimum Gasteiger partial charge on any atom is -0.474 e. The van der Waals surface area contributed by atoms with Crippen LogP contribution in [0.3, 0.4) is 0 Å². The molecule has 0 atom stereocenters. The zero-order valence-electron chi connectivity index (χ0n) is 14.7. The van der Waals surface area contributed by atoms with Crippen LogP contribution in [0.25, 0.3) is 22.1 Å². The lowest BCUT2D eigenvalue weighted by atomic mass is 10.0. The maximum atomic E-state index is 12.3. The van der Waals surface area contributed by atoms with Crippen LogP contribution in [0, 0.1) is 0 Å². The average molecular weight is 380 g/mol. The molecule has 0 radical (unpaired) electrons. The van der Waals surface area contributed by atoms with Crippen molar-refractivity contribution < 1.29 is 27.2 Å². The summed E-state index contributed by atoms with van der Waals surface area (Å²) in [4.78, 5) is 0. The van der Waals surface area contributed by atoms with Gasteiger partial charge in [-0.05, 0) is 53.5 Å². The van der Waals surface area contributed by atoms with Gasteiger partial charge in [-0.2, -0.15) is 0 Å². The Hall–Kier alpha value is -2.74. The molecule has 0 saturated heterocycles. The summed E-state index contributed by atoms with van der Waals surface area (Å²) < 4.78 is 51.6. The Bertz CT molecular complexity index is 876. The van der Waals surface area contributed by atoms with E-state index in [0.717, 1.165) is 24.1 Å². The average Bonchev–Trinajstić information content (AvgIpc) is 3.03. The van der Waals surface area contributed by atoms with Gasteiger partial charge in [-0.1, -0.05) is 25.1 Å². The molecule has 0 saturated carbocycles. The highest BCUT2D eigenvalue weighted by molar-refractivity contribution is 5.87. The SMILES string of the molecule is CCCNCCOc1noc2ccc(-c3ccc(OC(F)(F)F)cc3)cc12. The summed E-state index contributed by atoms with van der Waals surface area (Å²) in [6, 6.07) is 11.1. The maximum Gasteiger partial charge on any atom is 0.573 e. The molecule has 0 bridgehead atoms. The van der Waals surface area contributed by atoms with Crippen LogP contribution < -0.4 is 14.8 Å². The number of halogens is 3. The number of aromatic nitrogens is 1. The molecule has 0 aliphatic carbocycles. The summed E-state index contributed by atoms with van der Waals surface area (Å²) in [5, 5.41) is 7.87. The van der Waals surface area contributed by atoms with Gasteiger partial charge < -0.3 is 19.3 Å². The van der Waals surface area contributed by atoms with E-state index >= 15 is 0 Å². The molecule has 3 aromatic rings. The standard InChI is InChI=1S/C19H19F3N2O3/c1-2-9-23-10-11-25-18-16-12-14(5-8-17(16)27-24-18)13-3-6-15(7-4-13)26-19(20,21)22/h3-8,12,23H,2,9-11H2,1H3. The summed E-state index contributed by atoms with van der Waals surface area (Å²) in [6.45, 7) is 4.15. The van der Waals surface area contributed by atoms with Crippen LogP contribution >= 0.6 is 0 Å². The first kappa shape index (κ1) is 19.0. The second-order valence-electron chi connectivity index (χ2n) is 5.87. The molecule has 0 unspecified atom stereocenters. The first-order valence-corrected chi connectivity index (χ1v) is 8.55. The predicted molar refractivity (Wildman–Crippen MR) is 94.8 cm³/mol. The van der Waals surface area contributed by atoms with Gasteiger partial charge in [0.25, 0.3) is 5.88 Å². The van der Waals surface area contributed by atoms with Crippen molar-refractivity contribution in [3.63, 3.8) is 0 Å². The lowest BCUT2D eigenvalue weighted by Crippen LogP contribution is -2.21. The predicted octanol–water partition coefficient (Wildman–Crippen LogP) is 4.77. The molecule has 2 aromatic carbocycles. The Morgan fingerprint density at radius 2 is 1.78 bits per heavy atom. The highest BCUT2D eigenvalue weighted by Gasteiger charge is 2.30. The minimum atomic E-state index is -4.71. The van der Waals surface area contributed by atoms with Crippen LogP contribution in [0.5, 0.6) is 11.6 Å². The van der Waals surface area contributed by atoms with Crippen LogP contribution in [-0.2, 0) is 0 Å². The van der Waals surface area contributed by atoms with Crippen molar-refractivity contribution >= 4 is 11.0 Å². The van der Waals surface area contributed by atoms with E-state index in [9.17, 15) is 13.2 Å². The molecule has 0 spiro atoms. The third-order valence-corrected chi connectivity index (χ3v) is 3.80. The van der Waals surface area contributed by atoms with Crippen LogP contribution in [0.15, 0.2) is 47.0 Å². The van der Waals surface area contributed by atoms with E-state index in [4.69, 9.17) is 9.26 Å². The van der Waals surface area contributed by atoms with Crippen molar-refractivity contribution in [2.45, 2.75) is 19.7 Å². The number of fused-ring (bicyclic) bond motifs is 1. The zero-order valence-corrected chi connectivity index (χ0v) is 14.7. The molecule has 0 fully saturated rings. The van der Waals surface area contributed by atoms with Crippen LogP contribution in [0.4, 0.5) is 13.2 Å². The van der Waals surface area contributed by atoms with E-state index in [1.165, 1.54) is 12.1 Å². The van der Waals surface area contributed by atoms with Gasteiger partial charge in [-0.15, -0.1) is 13.2 Å². The quantitative estimate of drug-likeness (QED) is 0.571. The molecule has 3 rings (SSSR count). The molecule has 1 heterocycles. The van der Waals surface area contributed by atoms with E-state index in [2.05, 4.69) is 22.1 Å². The molecule has 1 N–H and O–H groups in total. The highest BCUT2D eigenvalue weighted by Crippen LogP contribution is 2.31. The molecule has 8 heteroatoms. The second kappa shape index (κ2) is 8.30. The van der Waals surface area contributed by atoms with Crippen molar-refractivity contribution in [2.75, 3.05) is 19.7 Å². The molecular formula is C19H19F3N2O3. The molecule has 0 aliphatic rings. The van der Waals surface area contributed by atoms with Gasteiger partial charge in [0, 0.05) is 6.54 Å².